The number of pyridine rings is 1. The third kappa shape index (κ3) is 4.92. The molecule has 0 fully saturated rings. The number of aromatic nitrogens is 1. The van der Waals surface area contributed by atoms with Gasteiger partial charge in [-0.2, -0.15) is 0 Å². The van der Waals surface area contributed by atoms with Crippen LogP contribution in [-0.4, -0.2) is 45.8 Å². The number of hydrogen-bond acceptors (Lipinski definition) is 5. The molecule has 0 atom stereocenters. The fraction of sp³-hybridized carbons (Fsp3) is 0.304. The van der Waals surface area contributed by atoms with Crippen LogP contribution in [0.5, 0.6) is 11.5 Å². The highest BCUT2D eigenvalue weighted by atomic mass is 16.5. The first-order valence-electron chi connectivity index (χ1n) is 9.90. The van der Waals surface area contributed by atoms with E-state index in [4.69, 9.17) is 14.5 Å². The summed E-state index contributed by atoms with van der Waals surface area (Å²) < 4.78 is 11.0. The second kappa shape index (κ2) is 9.82. The van der Waals surface area contributed by atoms with Crippen LogP contribution in [0.4, 0.5) is 11.5 Å². The smallest absolute Gasteiger partial charge is 0.195 e. The van der Waals surface area contributed by atoms with E-state index in [2.05, 4.69) is 27.8 Å². The standard InChI is InChI=1S/C23H29N5O2/c1-6-30-20-12-11-17(14-21(20)29-5)26-23(24-2)25-15-16-13-22(28(3)4)27-19-10-8-7-9-18(16)19/h7-14H,6,15H2,1-5H3,(H2,24,25,26). The molecule has 0 aliphatic carbocycles. The second-order valence-electron chi connectivity index (χ2n) is 6.90. The molecule has 2 aromatic carbocycles. The lowest BCUT2D eigenvalue weighted by Crippen LogP contribution is -2.30. The van der Waals surface area contributed by atoms with Crippen molar-refractivity contribution in [3.8, 4) is 11.5 Å². The fourth-order valence-electron chi connectivity index (χ4n) is 3.12. The van der Waals surface area contributed by atoms with E-state index in [9.17, 15) is 0 Å². The van der Waals surface area contributed by atoms with Gasteiger partial charge in [0.15, 0.2) is 17.5 Å². The molecule has 1 heterocycles. The maximum atomic E-state index is 5.58. The summed E-state index contributed by atoms with van der Waals surface area (Å²) in [6.07, 6.45) is 0. The van der Waals surface area contributed by atoms with E-state index < -0.39 is 0 Å². The van der Waals surface area contributed by atoms with E-state index in [0.717, 1.165) is 28.0 Å². The molecule has 0 radical (unpaired) electrons. The van der Waals surface area contributed by atoms with Gasteiger partial charge in [0, 0.05) is 44.8 Å². The van der Waals surface area contributed by atoms with Crippen molar-refractivity contribution in [1.29, 1.82) is 0 Å². The maximum Gasteiger partial charge on any atom is 0.195 e. The van der Waals surface area contributed by atoms with Crippen LogP contribution in [0.3, 0.4) is 0 Å². The Morgan fingerprint density at radius 1 is 1.10 bits per heavy atom. The van der Waals surface area contributed by atoms with Gasteiger partial charge in [0.25, 0.3) is 0 Å². The minimum absolute atomic E-state index is 0.585. The van der Waals surface area contributed by atoms with E-state index in [-0.39, 0.29) is 0 Å². The lowest BCUT2D eigenvalue weighted by Gasteiger charge is -2.17. The molecule has 0 amide bonds. The van der Waals surface area contributed by atoms with Gasteiger partial charge >= 0.3 is 0 Å². The summed E-state index contributed by atoms with van der Waals surface area (Å²) >= 11 is 0. The van der Waals surface area contributed by atoms with E-state index in [1.807, 2.05) is 62.3 Å². The molecule has 3 rings (SSSR count). The van der Waals surface area contributed by atoms with Gasteiger partial charge in [0.1, 0.15) is 5.82 Å². The van der Waals surface area contributed by atoms with Gasteiger partial charge in [0.05, 0.1) is 19.2 Å². The Hall–Kier alpha value is -3.48. The Labute approximate surface area is 177 Å². The van der Waals surface area contributed by atoms with Gasteiger partial charge < -0.3 is 25.0 Å². The zero-order valence-corrected chi connectivity index (χ0v) is 18.2. The SMILES string of the molecule is CCOc1ccc(NC(=NC)NCc2cc(N(C)C)nc3ccccc23)cc1OC. The molecule has 0 unspecified atom stereocenters. The molecule has 0 saturated carbocycles. The number of aliphatic imine (C=N–C) groups is 1. The topological polar surface area (TPSA) is 71.0 Å². The molecular weight excluding hydrogens is 378 g/mol. The van der Waals surface area contributed by atoms with Crippen LogP contribution in [0.25, 0.3) is 10.9 Å². The Balaban J connectivity index is 1.78. The number of nitrogens with zero attached hydrogens (tertiary/aromatic N) is 3. The van der Waals surface area contributed by atoms with Crippen LogP contribution >= 0.6 is 0 Å². The van der Waals surface area contributed by atoms with Crippen LogP contribution in [0.1, 0.15) is 12.5 Å². The molecule has 30 heavy (non-hydrogen) atoms. The van der Waals surface area contributed by atoms with Crippen LogP contribution in [0, 0.1) is 0 Å². The summed E-state index contributed by atoms with van der Waals surface area (Å²) in [5.41, 5.74) is 2.98. The van der Waals surface area contributed by atoms with Gasteiger partial charge in [-0.1, -0.05) is 18.2 Å². The normalized spacial score (nSPS) is 11.3. The number of para-hydroxylation sites is 1. The molecule has 0 saturated heterocycles. The summed E-state index contributed by atoms with van der Waals surface area (Å²) in [7, 11) is 7.37. The third-order valence-electron chi connectivity index (χ3n) is 4.64. The van der Waals surface area contributed by atoms with Gasteiger partial charge in [-0.3, -0.25) is 4.99 Å². The Morgan fingerprint density at radius 3 is 2.60 bits per heavy atom. The Morgan fingerprint density at radius 2 is 1.90 bits per heavy atom. The monoisotopic (exact) mass is 407 g/mol. The average molecular weight is 408 g/mol. The predicted molar refractivity (Wildman–Crippen MR) is 124 cm³/mol. The molecule has 0 aliphatic heterocycles. The van der Waals surface area contributed by atoms with Crippen LogP contribution in [0.15, 0.2) is 53.5 Å². The van der Waals surface area contributed by atoms with Crippen LogP contribution in [-0.2, 0) is 6.54 Å². The largest absolute Gasteiger partial charge is 0.493 e. The molecule has 0 bridgehead atoms. The van der Waals surface area contributed by atoms with Crippen molar-refractivity contribution in [2.24, 2.45) is 4.99 Å². The number of ether oxygens (including phenoxy) is 2. The molecule has 0 spiro atoms. The summed E-state index contributed by atoms with van der Waals surface area (Å²) in [4.78, 5) is 11.1. The van der Waals surface area contributed by atoms with E-state index >= 15 is 0 Å². The zero-order chi connectivity index (χ0) is 21.5. The number of hydrogen-bond donors (Lipinski definition) is 2. The highest BCUT2D eigenvalue weighted by Gasteiger charge is 2.10. The molecule has 3 aromatic rings. The summed E-state index contributed by atoms with van der Waals surface area (Å²) in [5, 5.41) is 7.82. The summed E-state index contributed by atoms with van der Waals surface area (Å²) in [6, 6.07) is 16.0. The maximum absolute atomic E-state index is 5.58. The molecule has 1 aromatic heterocycles. The molecule has 2 N–H and O–H groups in total. The average Bonchev–Trinajstić information content (AvgIpc) is 2.77. The number of anilines is 2. The van der Waals surface area contributed by atoms with Gasteiger partial charge in [-0.05, 0) is 36.8 Å². The first kappa shape index (κ1) is 21.2. The highest BCUT2D eigenvalue weighted by Crippen LogP contribution is 2.30. The zero-order valence-electron chi connectivity index (χ0n) is 18.2. The minimum atomic E-state index is 0.585. The first-order chi connectivity index (χ1) is 14.5. The number of guanidine groups is 1. The number of methoxy groups -OCH3 is 1. The summed E-state index contributed by atoms with van der Waals surface area (Å²) in [6.45, 7) is 3.14. The number of nitrogens with one attached hydrogen (secondary N) is 2. The van der Waals surface area contributed by atoms with Crippen molar-refractivity contribution in [3.63, 3.8) is 0 Å². The Bertz CT molecular complexity index is 1030. The van der Waals surface area contributed by atoms with E-state index in [0.29, 0.717) is 30.6 Å². The lowest BCUT2D eigenvalue weighted by atomic mass is 10.1. The van der Waals surface area contributed by atoms with Gasteiger partial charge in [-0.15, -0.1) is 0 Å². The van der Waals surface area contributed by atoms with Crippen molar-refractivity contribution in [2.45, 2.75) is 13.5 Å². The van der Waals surface area contributed by atoms with Crippen LogP contribution in [0.2, 0.25) is 0 Å². The molecule has 7 nitrogen and oxygen atoms in total. The number of benzene rings is 2. The highest BCUT2D eigenvalue weighted by molar-refractivity contribution is 5.94. The Kier molecular flexibility index (Phi) is 6.95. The fourth-order valence-corrected chi connectivity index (χ4v) is 3.12. The van der Waals surface area contributed by atoms with E-state index in [1.165, 1.54) is 0 Å². The predicted octanol–water partition coefficient (Wildman–Crippen LogP) is 3.90. The number of fused-ring (bicyclic) bond motifs is 1. The van der Waals surface area contributed by atoms with Gasteiger partial charge in [0.2, 0.25) is 0 Å². The molecule has 7 heteroatoms. The number of rotatable bonds is 7. The van der Waals surface area contributed by atoms with E-state index in [1.54, 1.807) is 14.2 Å². The third-order valence-corrected chi connectivity index (χ3v) is 4.64. The summed E-state index contributed by atoms with van der Waals surface area (Å²) in [5.74, 6) is 2.97. The molecular formula is C23H29N5O2. The van der Waals surface area contributed by atoms with Gasteiger partial charge in [-0.25, -0.2) is 4.98 Å². The first-order valence-corrected chi connectivity index (χ1v) is 9.90. The van der Waals surface area contributed by atoms with Crippen molar-refractivity contribution < 1.29 is 9.47 Å². The van der Waals surface area contributed by atoms with Crippen LogP contribution < -0.4 is 25.0 Å². The van der Waals surface area contributed by atoms with Crippen molar-refractivity contribution in [2.75, 3.05) is 45.1 Å². The quantitative estimate of drug-likeness (QED) is 0.457. The lowest BCUT2D eigenvalue weighted by molar-refractivity contribution is 0.311. The minimum Gasteiger partial charge on any atom is -0.493 e. The van der Waals surface area contributed by atoms with Crippen molar-refractivity contribution in [1.82, 2.24) is 10.3 Å². The second-order valence-corrected chi connectivity index (χ2v) is 6.90. The van der Waals surface area contributed by atoms with Crippen molar-refractivity contribution >= 4 is 28.4 Å². The van der Waals surface area contributed by atoms with Crippen molar-refractivity contribution in [3.05, 3.63) is 54.1 Å². The molecule has 0 aliphatic rings. The molecule has 158 valence electrons.